The van der Waals surface area contributed by atoms with E-state index >= 15 is 0 Å². The molecule has 0 aliphatic carbocycles. The van der Waals surface area contributed by atoms with Crippen molar-refractivity contribution in [2.45, 2.75) is 30.7 Å². The zero-order valence-electron chi connectivity index (χ0n) is 16.3. The molecule has 170 valence electrons. The zero-order chi connectivity index (χ0) is 23.2. The minimum atomic E-state index is -1.80. The maximum atomic E-state index is 13.2. The van der Waals surface area contributed by atoms with Gasteiger partial charge in [-0.05, 0) is 24.3 Å². The summed E-state index contributed by atoms with van der Waals surface area (Å²) in [6.07, 6.45) is -8.16. The number of phenols is 3. The summed E-state index contributed by atoms with van der Waals surface area (Å²) in [4.78, 5) is 13.2. The third-order valence-corrected chi connectivity index (χ3v) is 5.13. The van der Waals surface area contributed by atoms with Gasteiger partial charge in [-0.15, -0.1) is 0 Å². The van der Waals surface area contributed by atoms with Crippen LogP contribution in [0.3, 0.4) is 0 Å². The van der Waals surface area contributed by atoms with Gasteiger partial charge in [0.05, 0.1) is 6.61 Å². The van der Waals surface area contributed by atoms with Crippen LogP contribution < -0.4 is 10.2 Å². The Labute approximate surface area is 179 Å². The maximum Gasteiger partial charge on any atom is 0.239 e. The molecule has 3 aromatic rings. The number of hydrogen-bond acceptors (Lipinski definition) is 11. The molecule has 0 amide bonds. The van der Waals surface area contributed by atoms with Crippen molar-refractivity contribution in [3.8, 4) is 34.3 Å². The monoisotopic (exact) mass is 448 g/mol. The normalized spacial score (nSPS) is 25.7. The molecule has 4 rings (SSSR count). The van der Waals surface area contributed by atoms with E-state index in [0.717, 1.165) is 12.1 Å². The first-order chi connectivity index (χ1) is 15.2. The molecule has 0 radical (unpaired) electrons. The van der Waals surface area contributed by atoms with Gasteiger partial charge in [0.25, 0.3) is 0 Å². The van der Waals surface area contributed by atoms with Gasteiger partial charge in [0.15, 0.2) is 5.76 Å². The fourth-order valence-corrected chi connectivity index (χ4v) is 3.46. The second-order valence-corrected chi connectivity index (χ2v) is 7.29. The van der Waals surface area contributed by atoms with Crippen LogP contribution in [0.2, 0.25) is 0 Å². The van der Waals surface area contributed by atoms with Gasteiger partial charge in [-0.3, -0.25) is 4.79 Å². The molecule has 11 heteroatoms. The van der Waals surface area contributed by atoms with Gasteiger partial charge in [-0.1, -0.05) is 0 Å². The Morgan fingerprint density at radius 1 is 0.906 bits per heavy atom. The van der Waals surface area contributed by atoms with E-state index in [9.17, 15) is 40.5 Å². The first-order valence-corrected chi connectivity index (χ1v) is 9.50. The third-order valence-electron chi connectivity index (χ3n) is 5.13. The minimum Gasteiger partial charge on any atom is -0.508 e. The van der Waals surface area contributed by atoms with Crippen LogP contribution in [-0.4, -0.2) is 73.1 Å². The molecule has 1 aliphatic rings. The molecule has 1 aromatic heterocycles. The predicted octanol–water partition coefficient (Wildman–Crippen LogP) is -0.244. The van der Waals surface area contributed by atoms with Crippen molar-refractivity contribution in [1.29, 1.82) is 0 Å². The topological polar surface area (TPSA) is 190 Å². The van der Waals surface area contributed by atoms with E-state index in [1.165, 1.54) is 24.3 Å². The number of fused-ring (bicyclic) bond motifs is 1. The van der Waals surface area contributed by atoms with Crippen molar-refractivity contribution >= 4 is 11.0 Å². The fourth-order valence-electron chi connectivity index (χ4n) is 3.46. The highest BCUT2D eigenvalue weighted by atomic mass is 16.7. The summed E-state index contributed by atoms with van der Waals surface area (Å²) in [7, 11) is 0. The molecule has 2 aromatic carbocycles. The van der Waals surface area contributed by atoms with Crippen LogP contribution in [0.5, 0.6) is 23.0 Å². The molecule has 0 unspecified atom stereocenters. The van der Waals surface area contributed by atoms with Crippen molar-refractivity contribution in [3.63, 3.8) is 0 Å². The van der Waals surface area contributed by atoms with Crippen LogP contribution >= 0.6 is 0 Å². The van der Waals surface area contributed by atoms with Gasteiger partial charge in [0, 0.05) is 17.7 Å². The van der Waals surface area contributed by atoms with Crippen molar-refractivity contribution in [3.05, 3.63) is 46.6 Å². The molecule has 5 atom stereocenters. The van der Waals surface area contributed by atoms with E-state index < -0.39 is 54.2 Å². The fraction of sp³-hybridized carbons (Fsp3) is 0.286. The summed E-state index contributed by atoms with van der Waals surface area (Å²) < 4.78 is 16.6. The summed E-state index contributed by atoms with van der Waals surface area (Å²) >= 11 is 0. The highest BCUT2D eigenvalue weighted by Gasteiger charge is 2.45. The van der Waals surface area contributed by atoms with Crippen molar-refractivity contribution in [2.24, 2.45) is 0 Å². The zero-order valence-corrected chi connectivity index (χ0v) is 16.3. The highest BCUT2D eigenvalue weighted by molar-refractivity contribution is 5.88. The molecule has 11 nitrogen and oxygen atoms in total. The van der Waals surface area contributed by atoms with Gasteiger partial charge < -0.3 is 49.6 Å². The Hall–Kier alpha value is -3.35. The van der Waals surface area contributed by atoms with E-state index in [1.807, 2.05) is 0 Å². The molecule has 7 N–H and O–H groups in total. The highest BCUT2D eigenvalue weighted by Crippen LogP contribution is 2.37. The lowest BCUT2D eigenvalue weighted by Crippen LogP contribution is -2.60. The van der Waals surface area contributed by atoms with Gasteiger partial charge in [0.2, 0.25) is 17.5 Å². The molecule has 1 aliphatic heterocycles. The summed E-state index contributed by atoms with van der Waals surface area (Å²) in [5.41, 5.74) is -0.801. The molecular weight excluding hydrogens is 428 g/mol. The van der Waals surface area contributed by atoms with Crippen LogP contribution in [0.15, 0.2) is 45.6 Å². The molecule has 0 bridgehead atoms. The molecule has 32 heavy (non-hydrogen) atoms. The first kappa shape index (κ1) is 21.9. The van der Waals surface area contributed by atoms with Gasteiger partial charge >= 0.3 is 0 Å². The number of rotatable bonds is 4. The quantitative estimate of drug-likeness (QED) is 0.279. The predicted molar refractivity (Wildman–Crippen MR) is 107 cm³/mol. The summed E-state index contributed by atoms with van der Waals surface area (Å²) in [5, 5.41) is 68.8. The third kappa shape index (κ3) is 3.72. The van der Waals surface area contributed by atoms with Crippen LogP contribution in [0.1, 0.15) is 0 Å². The summed E-state index contributed by atoms with van der Waals surface area (Å²) in [6, 6.07) is 7.48. The molecular formula is C21H20O11. The van der Waals surface area contributed by atoms with E-state index in [1.54, 1.807) is 0 Å². The number of ether oxygens (including phenoxy) is 2. The Morgan fingerprint density at radius 3 is 2.25 bits per heavy atom. The van der Waals surface area contributed by atoms with E-state index in [4.69, 9.17) is 13.9 Å². The van der Waals surface area contributed by atoms with Crippen LogP contribution in [0.25, 0.3) is 22.3 Å². The van der Waals surface area contributed by atoms with Crippen molar-refractivity contribution < 1.29 is 49.6 Å². The van der Waals surface area contributed by atoms with Crippen LogP contribution in [0, 0.1) is 0 Å². The Balaban J connectivity index is 1.89. The van der Waals surface area contributed by atoms with E-state index in [0.29, 0.717) is 0 Å². The lowest BCUT2D eigenvalue weighted by molar-refractivity contribution is -0.277. The first-order valence-electron chi connectivity index (χ1n) is 9.50. The lowest BCUT2D eigenvalue weighted by Gasteiger charge is -2.39. The van der Waals surface area contributed by atoms with Gasteiger partial charge in [0.1, 0.15) is 52.6 Å². The van der Waals surface area contributed by atoms with Crippen molar-refractivity contribution in [1.82, 2.24) is 0 Å². The van der Waals surface area contributed by atoms with Crippen molar-refractivity contribution in [2.75, 3.05) is 6.61 Å². The second kappa shape index (κ2) is 8.30. The second-order valence-electron chi connectivity index (χ2n) is 7.29. The SMILES string of the molecule is O=c1c(O[C@@H]2O[C@H](CO)[C@@H](O)[C@H](O)[C@H]2O)c(-c2ccc(O)cc2)oc2cc(O)cc(O)c12. The van der Waals surface area contributed by atoms with Crippen LogP contribution in [0.4, 0.5) is 0 Å². The smallest absolute Gasteiger partial charge is 0.239 e. The average molecular weight is 448 g/mol. The average Bonchev–Trinajstić information content (AvgIpc) is 2.75. The number of phenolic OH excluding ortho intramolecular Hbond substituents is 3. The molecule has 2 heterocycles. The van der Waals surface area contributed by atoms with E-state index in [-0.39, 0.29) is 33.8 Å². The summed E-state index contributed by atoms with van der Waals surface area (Å²) in [6.45, 7) is -0.706. The van der Waals surface area contributed by atoms with Gasteiger partial charge in [-0.25, -0.2) is 0 Å². The van der Waals surface area contributed by atoms with Crippen LogP contribution in [-0.2, 0) is 4.74 Å². The molecule has 0 saturated carbocycles. The number of benzene rings is 2. The lowest BCUT2D eigenvalue weighted by atomic mass is 9.99. The molecule has 1 saturated heterocycles. The summed E-state index contributed by atoms with van der Waals surface area (Å²) in [5.74, 6) is -1.73. The number of aliphatic hydroxyl groups is 4. The Kier molecular flexibility index (Phi) is 5.67. The maximum absolute atomic E-state index is 13.2. The number of hydrogen-bond donors (Lipinski definition) is 7. The number of aromatic hydroxyl groups is 3. The largest absolute Gasteiger partial charge is 0.508 e. The van der Waals surface area contributed by atoms with E-state index in [2.05, 4.69) is 0 Å². The minimum absolute atomic E-state index is 0.0661. The standard InChI is InChI=1S/C21H20O11/c22-7-13-15(26)17(28)18(29)21(31-13)32-20-16(27)14-11(25)5-10(24)6-12(14)30-19(20)8-1-3-9(23)4-2-8/h1-6,13,15,17-18,21-26,28-29H,7H2/t13-,15-,17+,18-,21+/m1/s1. The number of aliphatic hydroxyl groups excluding tert-OH is 4. The Bertz CT molecular complexity index is 1190. The molecule has 1 fully saturated rings. The van der Waals surface area contributed by atoms with Gasteiger partial charge in [-0.2, -0.15) is 0 Å². The Morgan fingerprint density at radius 2 is 1.59 bits per heavy atom. The molecule has 0 spiro atoms.